The molecule has 0 bridgehead atoms. The van der Waals surface area contributed by atoms with Crippen molar-refractivity contribution in [2.24, 2.45) is 11.8 Å². The van der Waals surface area contributed by atoms with Crippen LogP contribution in [0.4, 0.5) is 0 Å². The molecule has 13 heavy (non-hydrogen) atoms. The van der Waals surface area contributed by atoms with Crippen LogP contribution < -0.4 is 5.32 Å². The van der Waals surface area contributed by atoms with E-state index in [-0.39, 0.29) is 0 Å². The normalized spacial score (nSPS) is 24.7. The van der Waals surface area contributed by atoms with Crippen molar-refractivity contribution < 1.29 is 5.11 Å². The predicted octanol–water partition coefficient (Wildman–Crippen LogP) is 1.78. The van der Waals surface area contributed by atoms with Gasteiger partial charge in [0.25, 0.3) is 0 Å². The molecule has 0 amide bonds. The summed E-state index contributed by atoms with van der Waals surface area (Å²) in [6, 6.07) is 0. The van der Waals surface area contributed by atoms with Gasteiger partial charge in [0.15, 0.2) is 0 Å². The predicted molar refractivity (Wildman–Crippen MR) is 55.7 cm³/mol. The number of hydrogen-bond donors (Lipinski definition) is 2. The third kappa shape index (κ3) is 3.28. The van der Waals surface area contributed by atoms with Crippen LogP contribution >= 0.6 is 0 Å². The van der Waals surface area contributed by atoms with Gasteiger partial charge in [0.1, 0.15) is 0 Å². The van der Waals surface area contributed by atoms with Crippen molar-refractivity contribution in [1.82, 2.24) is 5.32 Å². The van der Waals surface area contributed by atoms with E-state index in [0.29, 0.717) is 5.92 Å². The molecular formula is C11H23NO. The minimum atomic E-state index is -0.470. The van der Waals surface area contributed by atoms with Gasteiger partial charge < -0.3 is 10.4 Å². The standard InChI is InChI=1S/C11H23NO/c1-9(2)11(3,13)8-10-4-6-12-7-5-10/h9-10,12-13H,4-8H2,1-3H3. The third-order valence-electron chi connectivity index (χ3n) is 3.40. The molecule has 0 saturated carbocycles. The minimum absolute atomic E-state index is 0.363. The van der Waals surface area contributed by atoms with E-state index < -0.39 is 5.60 Å². The Hall–Kier alpha value is -0.0800. The Balaban J connectivity index is 2.37. The first-order valence-corrected chi connectivity index (χ1v) is 5.45. The van der Waals surface area contributed by atoms with Crippen molar-refractivity contribution in [2.45, 2.75) is 45.6 Å². The highest BCUT2D eigenvalue weighted by atomic mass is 16.3. The third-order valence-corrected chi connectivity index (χ3v) is 3.40. The van der Waals surface area contributed by atoms with Gasteiger partial charge in [-0.05, 0) is 51.1 Å². The fourth-order valence-corrected chi connectivity index (χ4v) is 1.91. The zero-order chi connectivity index (χ0) is 9.90. The van der Waals surface area contributed by atoms with Crippen LogP contribution in [0.2, 0.25) is 0 Å². The zero-order valence-electron chi connectivity index (χ0n) is 9.14. The summed E-state index contributed by atoms with van der Waals surface area (Å²) in [5.74, 6) is 1.08. The van der Waals surface area contributed by atoms with Gasteiger partial charge in [-0.3, -0.25) is 0 Å². The van der Waals surface area contributed by atoms with Gasteiger partial charge in [-0.15, -0.1) is 0 Å². The topological polar surface area (TPSA) is 32.3 Å². The van der Waals surface area contributed by atoms with Crippen molar-refractivity contribution in [1.29, 1.82) is 0 Å². The summed E-state index contributed by atoms with van der Waals surface area (Å²) in [6.07, 6.45) is 3.41. The molecule has 0 aromatic carbocycles. The summed E-state index contributed by atoms with van der Waals surface area (Å²) in [5.41, 5.74) is -0.470. The van der Waals surface area contributed by atoms with Crippen molar-refractivity contribution >= 4 is 0 Å². The number of nitrogens with one attached hydrogen (secondary N) is 1. The summed E-state index contributed by atoms with van der Waals surface area (Å²) in [5, 5.41) is 13.5. The molecule has 1 fully saturated rings. The van der Waals surface area contributed by atoms with E-state index in [1.165, 1.54) is 12.8 Å². The van der Waals surface area contributed by atoms with Gasteiger partial charge in [0, 0.05) is 0 Å². The van der Waals surface area contributed by atoms with E-state index in [1.54, 1.807) is 0 Å². The molecule has 2 N–H and O–H groups in total. The summed E-state index contributed by atoms with van der Waals surface area (Å²) >= 11 is 0. The summed E-state index contributed by atoms with van der Waals surface area (Å²) in [7, 11) is 0. The molecule has 0 aromatic heterocycles. The number of rotatable bonds is 3. The van der Waals surface area contributed by atoms with E-state index in [1.807, 2.05) is 6.92 Å². The molecule has 0 aliphatic carbocycles. The van der Waals surface area contributed by atoms with Crippen LogP contribution in [0.1, 0.15) is 40.0 Å². The molecule has 1 aliphatic heterocycles. The highest BCUT2D eigenvalue weighted by Crippen LogP contribution is 2.28. The molecule has 2 nitrogen and oxygen atoms in total. The second-order valence-corrected chi connectivity index (χ2v) is 4.91. The fraction of sp³-hybridized carbons (Fsp3) is 1.00. The van der Waals surface area contributed by atoms with Crippen LogP contribution in [-0.4, -0.2) is 23.8 Å². The Morgan fingerprint density at radius 1 is 1.38 bits per heavy atom. The smallest absolute Gasteiger partial charge is 0.0645 e. The molecule has 78 valence electrons. The lowest BCUT2D eigenvalue weighted by atomic mass is 9.80. The summed E-state index contributed by atoms with van der Waals surface area (Å²) < 4.78 is 0. The Morgan fingerprint density at radius 2 is 1.92 bits per heavy atom. The van der Waals surface area contributed by atoms with Gasteiger partial charge in [-0.2, -0.15) is 0 Å². The molecule has 1 rings (SSSR count). The molecule has 1 unspecified atom stereocenters. The zero-order valence-corrected chi connectivity index (χ0v) is 9.14. The summed E-state index contributed by atoms with van der Waals surface area (Å²) in [4.78, 5) is 0. The largest absolute Gasteiger partial charge is 0.390 e. The Morgan fingerprint density at radius 3 is 2.38 bits per heavy atom. The fourth-order valence-electron chi connectivity index (χ4n) is 1.91. The van der Waals surface area contributed by atoms with Crippen molar-refractivity contribution in [3.05, 3.63) is 0 Å². The van der Waals surface area contributed by atoms with Crippen LogP contribution in [0.25, 0.3) is 0 Å². The van der Waals surface area contributed by atoms with E-state index in [4.69, 9.17) is 0 Å². The molecular weight excluding hydrogens is 162 g/mol. The number of piperidine rings is 1. The Kier molecular flexibility index (Phi) is 3.74. The van der Waals surface area contributed by atoms with Gasteiger partial charge in [0.2, 0.25) is 0 Å². The van der Waals surface area contributed by atoms with Crippen LogP contribution in [0.3, 0.4) is 0 Å². The van der Waals surface area contributed by atoms with Crippen LogP contribution in [0, 0.1) is 11.8 Å². The average molecular weight is 185 g/mol. The molecule has 1 aliphatic rings. The lowest BCUT2D eigenvalue weighted by Crippen LogP contribution is -2.37. The first kappa shape index (κ1) is 11.0. The lowest BCUT2D eigenvalue weighted by Gasteiger charge is -2.33. The van der Waals surface area contributed by atoms with Gasteiger partial charge in [-0.1, -0.05) is 13.8 Å². The van der Waals surface area contributed by atoms with Gasteiger partial charge in [0.05, 0.1) is 5.60 Å². The highest BCUT2D eigenvalue weighted by molar-refractivity contribution is 4.82. The Bertz CT molecular complexity index is 148. The number of hydrogen-bond acceptors (Lipinski definition) is 2. The van der Waals surface area contributed by atoms with Gasteiger partial charge in [-0.25, -0.2) is 0 Å². The van der Waals surface area contributed by atoms with E-state index in [2.05, 4.69) is 19.2 Å². The molecule has 0 spiro atoms. The van der Waals surface area contributed by atoms with E-state index in [0.717, 1.165) is 25.4 Å². The SMILES string of the molecule is CC(C)C(C)(O)CC1CCNCC1. The lowest BCUT2D eigenvalue weighted by molar-refractivity contribution is -0.0128. The van der Waals surface area contributed by atoms with Crippen molar-refractivity contribution in [2.75, 3.05) is 13.1 Å². The van der Waals surface area contributed by atoms with Crippen LogP contribution in [-0.2, 0) is 0 Å². The van der Waals surface area contributed by atoms with Crippen LogP contribution in [0.15, 0.2) is 0 Å². The maximum atomic E-state index is 10.1. The Labute approximate surface area is 81.7 Å². The first-order chi connectivity index (χ1) is 6.02. The maximum absolute atomic E-state index is 10.1. The second kappa shape index (κ2) is 4.43. The first-order valence-electron chi connectivity index (χ1n) is 5.45. The van der Waals surface area contributed by atoms with Crippen molar-refractivity contribution in [3.8, 4) is 0 Å². The maximum Gasteiger partial charge on any atom is 0.0645 e. The summed E-state index contributed by atoms with van der Waals surface area (Å²) in [6.45, 7) is 8.42. The minimum Gasteiger partial charge on any atom is -0.390 e. The molecule has 2 heteroatoms. The molecule has 1 heterocycles. The molecule has 0 aromatic rings. The van der Waals surface area contributed by atoms with Crippen molar-refractivity contribution in [3.63, 3.8) is 0 Å². The van der Waals surface area contributed by atoms with Crippen LogP contribution in [0.5, 0.6) is 0 Å². The number of aliphatic hydroxyl groups is 1. The molecule has 0 radical (unpaired) electrons. The quantitative estimate of drug-likeness (QED) is 0.702. The van der Waals surface area contributed by atoms with Gasteiger partial charge >= 0.3 is 0 Å². The monoisotopic (exact) mass is 185 g/mol. The van der Waals surface area contributed by atoms with E-state index >= 15 is 0 Å². The highest BCUT2D eigenvalue weighted by Gasteiger charge is 2.29. The second-order valence-electron chi connectivity index (χ2n) is 4.91. The molecule has 1 atom stereocenters. The average Bonchev–Trinajstić information content (AvgIpc) is 2.05. The van der Waals surface area contributed by atoms with E-state index in [9.17, 15) is 5.11 Å². The molecule has 1 saturated heterocycles.